The Morgan fingerprint density at radius 3 is 2.33 bits per heavy atom. The Kier molecular flexibility index (Phi) is 4.33. The average Bonchev–Trinajstić information content (AvgIpc) is 2.70. The molecule has 3 atom stereocenters. The molecular formula is C10H17NO6S. The molecule has 1 rings (SSSR count). The van der Waals surface area contributed by atoms with E-state index in [4.69, 9.17) is 5.11 Å². The first-order valence-corrected chi connectivity index (χ1v) is 7.01. The fourth-order valence-corrected chi connectivity index (χ4v) is 3.56. The summed E-state index contributed by atoms with van der Waals surface area (Å²) in [5.41, 5.74) is 0. The van der Waals surface area contributed by atoms with Crippen LogP contribution in [-0.2, 0) is 24.3 Å². The summed E-state index contributed by atoms with van der Waals surface area (Å²) in [6.45, 7) is 2.93. The van der Waals surface area contributed by atoms with Crippen LogP contribution in [0.4, 0.5) is 0 Å². The second kappa shape index (κ2) is 5.23. The molecule has 0 aromatic heterocycles. The van der Waals surface area contributed by atoms with E-state index in [0.29, 0.717) is 0 Å². The van der Waals surface area contributed by atoms with Gasteiger partial charge in [-0.25, -0.2) is 12.7 Å². The lowest BCUT2D eigenvalue weighted by Crippen LogP contribution is -2.40. The number of esters is 1. The summed E-state index contributed by atoms with van der Waals surface area (Å²) < 4.78 is 29.6. The monoisotopic (exact) mass is 279 g/mol. The van der Waals surface area contributed by atoms with Crippen LogP contribution < -0.4 is 0 Å². The number of hydrogen-bond acceptors (Lipinski definition) is 5. The molecule has 1 saturated heterocycles. The van der Waals surface area contributed by atoms with Crippen LogP contribution in [0.3, 0.4) is 0 Å². The van der Waals surface area contributed by atoms with E-state index < -0.39 is 33.1 Å². The van der Waals surface area contributed by atoms with Gasteiger partial charge in [0.15, 0.2) is 5.25 Å². The van der Waals surface area contributed by atoms with E-state index in [-0.39, 0.29) is 19.0 Å². The zero-order valence-electron chi connectivity index (χ0n) is 10.5. The first-order valence-electron chi connectivity index (χ1n) is 5.51. The molecule has 1 fully saturated rings. The molecule has 1 aliphatic rings. The van der Waals surface area contributed by atoms with Gasteiger partial charge >= 0.3 is 11.9 Å². The fraction of sp³-hybridized carbons (Fsp3) is 0.800. The molecule has 0 radical (unpaired) electrons. The third-order valence-corrected chi connectivity index (χ3v) is 5.34. The van der Waals surface area contributed by atoms with Crippen molar-refractivity contribution in [3.8, 4) is 0 Å². The second-order valence-electron chi connectivity index (χ2n) is 4.45. The van der Waals surface area contributed by atoms with E-state index in [1.165, 1.54) is 6.92 Å². The Hall–Kier alpha value is -1.15. The third kappa shape index (κ3) is 2.64. The minimum Gasteiger partial charge on any atom is -0.481 e. The van der Waals surface area contributed by atoms with Crippen molar-refractivity contribution in [3.05, 3.63) is 0 Å². The van der Waals surface area contributed by atoms with Crippen molar-refractivity contribution < 1.29 is 27.9 Å². The Labute approximate surface area is 106 Å². The molecule has 18 heavy (non-hydrogen) atoms. The summed E-state index contributed by atoms with van der Waals surface area (Å²) >= 11 is 0. The Morgan fingerprint density at radius 2 is 1.94 bits per heavy atom. The minimum atomic E-state index is -3.85. The van der Waals surface area contributed by atoms with Crippen molar-refractivity contribution in [2.75, 3.05) is 20.2 Å². The van der Waals surface area contributed by atoms with Crippen LogP contribution in [0.2, 0.25) is 0 Å². The molecule has 0 amide bonds. The number of nitrogens with zero attached hydrogens (tertiary/aromatic N) is 1. The lowest BCUT2D eigenvalue weighted by Gasteiger charge is -2.19. The summed E-state index contributed by atoms with van der Waals surface area (Å²) in [6, 6.07) is 0. The number of sulfonamides is 1. The zero-order valence-corrected chi connectivity index (χ0v) is 11.3. The van der Waals surface area contributed by atoms with Crippen molar-refractivity contribution >= 4 is 22.0 Å². The van der Waals surface area contributed by atoms with Crippen molar-refractivity contribution in [1.82, 2.24) is 4.31 Å². The Bertz CT molecular complexity index is 445. The number of carboxylic acid groups (broad SMARTS) is 1. The summed E-state index contributed by atoms with van der Waals surface area (Å²) in [6.07, 6.45) is 0. The number of carboxylic acids is 1. The smallest absolute Gasteiger partial charge is 0.325 e. The molecule has 0 aromatic rings. The maximum Gasteiger partial charge on any atom is 0.325 e. The molecule has 0 bridgehead atoms. The van der Waals surface area contributed by atoms with Crippen LogP contribution in [0.1, 0.15) is 13.8 Å². The van der Waals surface area contributed by atoms with Crippen molar-refractivity contribution in [2.45, 2.75) is 19.1 Å². The number of methoxy groups -OCH3 is 1. The van der Waals surface area contributed by atoms with Gasteiger partial charge in [-0.05, 0) is 12.8 Å². The molecule has 8 heteroatoms. The molecule has 0 saturated carbocycles. The average molecular weight is 279 g/mol. The standard InChI is InChI=1S/C10H17NO6S/c1-6-4-11(5-8(6)9(12)13)18(15,16)7(2)10(14)17-3/h6-8H,4-5H2,1-3H3,(H,12,13). The largest absolute Gasteiger partial charge is 0.481 e. The highest BCUT2D eigenvalue weighted by Crippen LogP contribution is 2.27. The van der Waals surface area contributed by atoms with Crippen LogP contribution >= 0.6 is 0 Å². The predicted molar refractivity (Wildman–Crippen MR) is 62.3 cm³/mol. The van der Waals surface area contributed by atoms with E-state index in [0.717, 1.165) is 11.4 Å². The van der Waals surface area contributed by atoms with Crippen molar-refractivity contribution in [1.29, 1.82) is 0 Å². The number of aliphatic carboxylic acids is 1. The zero-order chi connectivity index (χ0) is 14.1. The first kappa shape index (κ1) is 14.9. The van der Waals surface area contributed by atoms with Gasteiger partial charge in [0.2, 0.25) is 10.0 Å². The molecule has 3 unspecified atom stereocenters. The van der Waals surface area contributed by atoms with Crippen molar-refractivity contribution in [2.24, 2.45) is 11.8 Å². The van der Waals surface area contributed by atoms with Gasteiger partial charge in [-0.1, -0.05) is 6.92 Å². The predicted octanol–water partition coefficient (Wildman–Crippen LogP) is -0.470. The summed E-state index contributed by atoms with van der Waals surface area (Å²) in [7, 11) is -2.74. The third-order valence-electron chi connectivity index (χ3n) is 3.24. The number of carbonyl (C=O) groups is 2. The number of rotatable bonds is 4. The van der Waals surface area contributed by atoms with E-state index >= 15 is 0 Å². The van der Waals surface area contributed by atoms with E-state index in [1.54, 1.807) is 6.92 Å². The summed E-state index contributed by atoms with van der Waals surface area (Å²) in [5.74, 6) is -2.88. The maximum absolute atomic E-state index is 12.1. The molecule has 0 aliphatic carbocycles. The maximum atomic E-state index is 12.1. The lowest BCUT2D eigenvalue weighted by molar-refractivity contribution is -0.142. The fourth-order valence-electron chi connectivity index (χ4n) is 1.96. The molecule has 1 aliphatic heterocycles. The van der Waals surface area contributed by atoms with Gasteiger partial charge in [0.25, 0.3) is 0 Å². The van der Waals surface area contributed by atoms with Gasteiger partial charge in [0.05, 0.1) is 13.0 Å². The molecule has 0 aromatic carbocycles. The van der Waals surface area contributed by atoms with Crippen LogP contribution in [-0.4, -0.2) is 55.2 Å². The van der Waals surface area contributed by atoms with E-state index in [2.05, 4.69) is 4.74 Å². The number of hydrogen-bond donors (Lipinski definition) is 1. The Balaban J connectivity index is 2.89. The molecular weight excluding hydrogens is 262 g/mol. The number of carbonyl (C=O) groups excluding carboxylic acids is 1. The van der Waals surface area contributed by atoms with Gasteiger partial charge in [-0.3, -0.25) is 9.59 Å². The van der Waals surface area contributed by atoms with E-state index in [1.807, 2.05) is 0 Å². The van der Waals surface area contributed by atoms with Gasteiger partial charge in [0, 0.05) is 13.1 Å². The first-order chi connectivity index (χ1) is 8.21. The van der Waals surface area contributed by atoms with Crippen LogP contribution in [0.25, 0.3) is 0 Å². The van der Waals surface area contributed by atoms with Gasteiger partial charge < -0.3 is 9.84 Å². The Morgan fingerprint density at radius 1 is 1.39 bits per heavy atom. The quantitative estimate of drug-likeness (QED) is 0.698. The summed E-state index contributed by atoms with van der Waals surface area (Å²) in [4.78, 5) is 22.2. The highest BCUT2D eigenvalue weighted by atomic mass is 32.2. The highest BCUT2D eigenvalue weighted by Gasteiger charge is 2.43. The van der Waals surface area contributed by atoms with E-state index in [9.17, 15) is 18.0 Å². The molecule has 7 nitrogen and oxygen atoms in total. The summed E-state index contributed by atoms with van der Waals surface area (Å²) in [5, 5.41) is 7.63. The lowest BCUT2D eigenvalue weighted by atomic mass is 9.99. The van der Waals surface area contributed by atoms with Gasteiger partial charge in [-0.15, -0.1) is 0 Å². The van der Waals surface area contributed by atoms with Gasteiger partial charge in [0.1, 0.15) is 0 Å². The topological polar surface area (TPSA) is 101 Å². The van der Waals surface area contributed by atoms with Crippen LogP contribution in [0, 0.1) is 11.8 Å². The van der Waals surface area contributed by atoms with Crippen LogP contribution in [0.15, 0.2) is 0 Å². The molecule has 0 spiro atoms. The van der Waals surface area contributed by atoms with Crippen molar-refractivity contribution in [3.63, 3.8) is 0 Å². The second-order valence-corrected chi connectivity index (χ2v) is 6.70. The number of ether oxygens (including phenoxy) is 1. The highest BCUT2D eigenvalue weighted by molar-refractivity contribution is 7.90. The normalized spacial score (nSPS) is 26.8. The van der Waals surface area contributed by atoms with Gasteiger partial charge in [-0.2, -0.15) is 0 Å². The SMILES string of the molecule is COC(=O)C(C)S(=O)(=O)N1CC(C)C(C(=O)O)C1. The minimum absolute atomic E-state index is 0.0971. The van der Waals surface area contributed by atoms with Crippen LogP contribution in [0.5, 0.6) is 0 Å². The molecule has 104 valence electrons. The molecule has 1 heterocycles. The molecule has 1 N–H and O–H groups in total.